The predicted molar refractivity (Wildman–Crippen MR) is 79.2 cm³/mol. The van der Waals surface area contributed by atoms with Crippen LogP contribution in [0.25, 0.3) is 0 Å². The fraction of sp³-hybridized carbons (Fsp3) is 0.647. The summed E-state index contributed by atoms with van der Waals surface area (Å²) in [4.78, 5) is 0. The highest BCUT2D eigenvalue weighted by atomic mass is 14.9. The van der Waals surface area contributed by atoms with Gasteiger partial charge in [0.1, 0.15) is 0 Å². The molecule has 0 atom stereocenters. The van der Waals surface area contributed by atoms with E-state index < -0.39 is 0 Å². The molecule has 1 aromatic rings. The molecule has 100 valence electrons. The third-order valence-electron chi connectivity index (χ3n) is 4.57. The van der Waals surface area contributed by atoms with Crippen LogP contribution in [0.5, 0.6) is 0 Å². The van der Waals surface area contributed by atoms with Crippen molar-refractivity contribution in [1.82, 2.24) is 5.32 Å². The number of hydrogen-bond donors (Lipinski definition) is 1. The maximum absolute atomic E-state index is 3.65. The largest absolute Gasteiger partial charge is 0.316 e. The molecule has 0 amide bonds. The molecule has 0 heterocycles. The van der Waals surface area contributed by atoms with Crippen LogP contribution in [0.15, 0.2) is 18.2 Å². The van der Waals surface area contributed by atoms with Gasteiger partial charge in [-0.05, 0) is 56.3 Å². The van der Waals surface area contributed by atoms with Crippen LogP contribution >= 0.6 is 0 Å². The molecule has 1 fully saturated rings. The minimum Gasteiger partial charge on any atom is -0.316 e. The number of hydrogen-bond acceptors (Lipinski definition) is 1. The van der Waals surface area contributed by atoms with Crippen molar-refractivity contribution in [3.63, 3.8) is 0 Å². The lowest BCUT2D eigenvalue weighted by Gasteiger charge is -2.30. The van der Waals surface area contributed by atoms with Crippen LogP contribution in [0.1, 0.15) is 55.7 Å². The van der Waals surface area contributed by atoms with Gasteiger partial charge in [-0.3, -0.25) is 0 Å². The minimum atomic E-state index is 0.410. The zero-order valence-electron chi connectivity index (χ0n) is 12.2. The monoisotopic (exact) mass is 245 g/mol. The van der Waals surface area contributed by atoms with Crippen LogP contribution in [-0.4, -0.2) is 13.1 Å². The van der Waals surface area contributed by atoms with Gasteiger partial charge in [0.25, 0.3) is 0 Å². The minimum absolute atomic E-state index is 0.410. The van der Waals surface area contributed by atoms with Gasteiger partial charge >= 0.3 is 0 Å². The van der Waals surface area contributed by atoms with Crippen LogP contribution in [0, 0.1) is 13.8 Å². The summed E-state index contributed by atoms with van der Waals surface area (Å²) in [7, 11) is 0. The lowest BCUT2D eigenvalue weighted by molar-refractivity contribution is 0.405. The Morgan fingerprint density at radius 2 is 1.83 bits per heavy atom. The van der Waals surface area contributed by atoms with Gasteiger partial charge in [0.15, 0.2) is 0 Å². The van der Waals surface area contributed by atoms with Crippen molar-refractivity contribution in [2.75, 3.05) is 13.1 Å². The van der Waals surface area contributed by atoms with E-state index in [1.54, 1.807) is 5.56 Å². The summed E-state index contributed by atoms with van der Waals surface area (Å²) in [5.41, 5.74) is 4.82. The summed E-state index contributed by atoms with van der Waals surface area (Å²) in [6.45, 7) is 8.98. The second-order valence-corrected chi connectivity index (χ2v) is 5.96. The second kappa shape index (κ2) is 5.88. The van der Waals surface area contributed by atoms with Gasteiger partial charge in [0.05, 0.1) is 0 Å². The zero-order chi connectivity index (χ0) is 13.0. The molecular formula is C17H27N. The molecule has 1 nitrogen and oxygen atoms in total. The molecule has 18 heavy (non-hydrogen) atoms. The van der Waals surface area contributed by atoms with Crippen molar-refractivity contribution in [3.05, 3.63) is 34.9 Å². The first-order valence-electron chi connectivity index (χ1n) is 7.46. The van der Waals surface area contributed by atoms with E-state index in [4.69, 9.17) is 0 Å². The van der Waals surface area contributed by atoms with Crippen molar-refractivity contribution < 1.29 is 0 Å². The predicted octanol–water partition coefficient (Wildman–Crippen LogP) is 4.11. The Hall–Kier alpha value is -0.820. The molecule has 0 aliphatic heterocycles. The van der Waals surface area contributed by atoms with Crippen molar-refractivity contribution in [3.8, 4) is 0 Å². The van der Waals surface area contributed by atoms with Crippen molar-refractivity contribution in [2.45, 2.75) is 58.3 Å². The Balaban J connectivity index is 2.20. The molecular weight excluding hydrogens is 218 g/mol. The van der Waals surface area contributed by atoms with Gasteiger partial charge in [-0.2, -0.15) is 0 Å². The van der Waals surface area contributed by atoms with E-state index in [0.717, 1.165) is 13.1 Å². The smallest absolute Gasteiger partial charge is 0.00778 e. The van der Waals surface area contributed by atoms with Gasteiger partial charge < -0.3 is 5.32 Å². The highest BCUT2D eigenvalue weighted by Gasteiger charge is 2.35. The molecule has 1 aliphatic rings. The van der Waals surface area contributed by atoms with E-state index >= 15 is 0 Å². The first-order valence-corrected chi connectivity index (χ1v) is 7.46. The van der Waals surface area contributed by atoms with Crippen molar-refractivity contribution in [1.29, 1.82) is 0 Å². The van der Waals surface area contributed by atoms with E-state index in [1.165, 1.54) is 43.2 Å². The molecule has 0 bridgehead atoms. The Labute approximate surface area is 112 Å². The Bertz CT molecular complexity index is 389. The molecule has 0 spiro atoms. The molecule has 1 aliphatic carbocycles. The highest BCUT2D eigenvalue weighted by molar-refractivity contribution is 5.35. The normalized spacial score (nSPS) is 18.2. The third kappa shape index (κ3) is 2.77. The summed E-state index contributed by atoms with van der Waals surface area (Å²) in [5.74, 6) is 0. The number of rotatable bonds is 5. The second-order valence-electron chi connectivity index (χ2n) is 5.96. The van der Waals surface area contributed by atoms with Crippen LogP contribution in [-0.2, 0) is 5.41 Å². The van der Waals surface area contributed by atoms with Crippen molar-refractivity contribution >= 4 is 0 Å². The third-order valence-corrected chi connectivity index (χ3v) is 4.57. The fourth-order valence-corrected chi connectivity index (χ4v) is 3.20. The molecule has 1 aromatic carbocycles. The first kappa shape index (κ1) is 13.6. The van der Waals surface area contributed by atoms with E-state index in [-0.39, 0.29) is 0 Å². The SMILES string of the molecule is CCCNCC1(c2ccc(C)c(C)c2)CCCC1. The van der Waals surface area contributed by atoms with Crippen LogP contribution < -0.4 is 5.32 Å². The average molecular weight is 245 g/mol. The van der Waals surface area contributed by atoms with Crippen LogP contribution in [0.4, 0.5) is 0 Å². The van der Waals surface area contributed by atoms with E-state index in [0.29, 0.717) is 5.41 Å². The molecule has 1 saturated carbocycles. The highest BCUT2D eigenvalue weighted by Crippen LogP contribution is 2.41. The van der Waals surface area contributed by atoms with Crippen LogP contribution in [0.3, 0.4) is 0 Å². The number of benzene rings is 1. The quantitative estimate of drug-likeness (QED) is 0.770. The summed E-state index contributed by atoms with van der Waals surface area (Å²) < 4.78 is 0. The number of aryl methyl sites for hydroxylation is 2. The Morgan fingerprint density at radius 3 is 2.44 bits per heavy atom. The number of nitrogens with one attached hydrogen (secondary N) is 1. The summed E-state index contributed by atoms with van der Waals surface area (Å²) in [6.07, 6.45) is 6.71. The molecule has 0 saturated heterocycles. The molecule has 2 rings (SSSR count). The first-order chi connectivity index (χ1) is 8.68. The molecule has 0 aromatic heterocycles. The van der Waals surface area contributed by atoms with E-state index in [2.05, 4.69) is 44.3 Å². The molecule has 1 heteroatoms. The summed E-state index contributed by atoms with van der Waals surface area (Å²) >= 11 is 0. The van der Waals surface area contributed by atoms with E-state index in [9.17, 15) is 0 Å². The van der Waals surface area contributed by atoms with Gasteiger partial charge in [-0.1, -0.05) is 38.0 Å². The summed E-state index contributed by atoms with van der Waals surface area (Å²) in [6, 6.07) is 7.08. The van der Waals surface area contributed by atoms with Gasteiger partial charge in [0.2, 0.25) is 0 Å². The van der Waals surface area contributed by atoms with E-state index in [1.807, 2.05) is 0 Å². The van der Waals surface area contributed by atoms with Gasteiger partial charge in [0, 0.05) is 12.0 Å². The molecule has 0 radical (unpaired) electrons. The zero-order valence-corrected chi connectivity index (χ0v) is 12.2. The maximum Gasteiger partial charge on any atom is 0.00778 e. The standard InChI is InChI=1S/C17H27N/c1-4-11-18-13-17(9-5-6-10-17)16-8-7-14(2)15(3)12-16/h7-8,12,18H,4-6,9-11,13H2,1-3H3. The summed E-state index contributed by atoms with van der Waals surface area (Å²) in [5, 5.41) is 3.65. The average Bonchev–Trinajstić information content (AvgIpc) is 2.83. The lowest BCUT2D eigenvalue weighted by atomic mass is 9.78. The Morgan fingerprint density at radius 1 is 1.11 bits per heavy atom. The topological polar surface area (TPSA) is 12.0 Å². The van der Waals surface area contributed by atoms with Gasteiger partial charge in [-0.15, -0.1) is 0 Å². The molecule has 1 N–H and O–H groups in total. The van der Waals surface area contributed by atoms with Crippen LogP contribution in [0.2, 0.25) is 0 Å². The Kier molecular flexibility index (Phi) is 4.45. The lowest BCUT2D eigenvalue weighted by Crippen LogP contribution is -2.36. The molecule has 0 unspecified atom stereocenters. The van der Waals surface area contributed by atoms with Gasteiger partial charge in [-0.25, -0.2) is 0 Å². The van der Waals surface area contributed by atoms with Crippen molar-refractivity contribution in [2.24, 2.45) is 0 Å². The fourth-order valence-electron chi connectivity index (χ4n) is 3.20. The maximum atomic E-state index is 3.65.